The van der Waals surface area contributed by atoms with E-state index in [9.17, 15) is 24.3 Å². The Hall–Kier alpha value is -2.79. The van der Waals surface area contributed by atoms with Crippen LogP contribution in [-0.4, -0.2) is 69.1 Å². The van der Waals surface area contributed by atoms with Gasteiger partial charge in [0.15, 0.2) is 11.5 Å². The van der Waals surface area contributed by atoms with Crippen molar-refractivity contribution in [1.82, 2.24) is 14.8 Å². The molecule has 5 aliphatic rings. The molecular formula is C28H31N3O6S2. The number of nitrogens with one attached hydrogen (secondary N) is 1. The molecule has 0 radical (unpaired) electrons. The van der Waals surface area contributed by atoms with Crippen LogP contribution < -0.4 is 9.61 Å². The van der Waals surface area contributed by atoms with Gasteiger partial charge in [0.05, 0.1) is 23.5 Å². The van der Waals surface area contributed by atoms with Gasteiger partial charge in [0.1, 0.15) is 6.54 Å². The predicted octanol–water partition coefficient (Wildman–Crippen LogP) is 3.03. The zero-order valence-electron chi connectivity index (χ0n) is 21.6. The maximum Gasteiger partial charge on any atom is 0.305 e. The number of amides is 3. The number of thiazole rings is 1. The number of thioether (sulfide) groups is 1. The molecule has 3 aliphatic heterocycles. The van der Waals surface area contributed by atoms with Gasteiger partial charge < -0.3 is 19.7 Å². The molecule has 7 unspecified atom stereocenters. The highest BCUT2D eigenvalue weighted by Gasteiger charge is 2.69. The highest BCUT2D eigenvalue weighted by Crippen LogP contribution is 2.68. The van der Waals surface area contributed by atoms with Crippen LogP contribution in [0.3, 0.4) is 0 Å². The van der Waals surface area contributed by atoms with Crippen molar-refractivity contribution < 1.29 is 24.2 Å². The topological polar surface area (TPSA) is 120 Å². The van der Waals surface area contributed by atoms with Gasteiger partial charge in [-0.1, -0.05) is 17.4 Å². The maximum absolute atomic E-state index is 13.8. The summed E-state index contributed by atoms with van der Waals surface area (Å²) in [6.07, 6.45) is 3.80. The Balaban J connectivity index is 1.23. The van der Waals surface area contributed by atoms with Crippen molar-refractivity contribution in [2.24, 2.45) is 29.6 Å². The number of likely N-dealkylation sites (tertiary alicyclic amines) is 2. The summed E-state index contributed by atoms with van der Waals surface area (Å²) >= 11 is 2.83. The molecule has 2 N–H and O–H groups in total. The number of H-pyrrole nitrogens is 1. The van der Waals surface area contributed by atoms with Gasteiger partial charge in [-0.05, 0) is 68.1 Å². The minimum atomic E-state index is -0.429. The fourth-order valence-corrected chi connectivity index (χ4v) is 10.9. The lowest BCUT2D eigenvalue weighted by molar-refractivity contribution is -0.147. The zero-order chi connectivity index (χ0) is 27.0. The van der Waals surface area contributed by atoms with Gasteiger partial charge in [-0.15, -0.1) is 11.8 Å². The summed E-state index contributed by atoms with van der Waals surface area (Å²) in [6.45, 7) is 3.48. The number of hydrogen-bond donors (Lipinski definition) is 2. The van der Waals surface area contributed by atoms with Gasteiger partial charge in [-0.3, -0.25) is 24.1 Å². The molecule has 2 saturated carbocycles. The minimum Gasteiger partial charge on any atom is -0.504 e. The SMILES string of the molecule is CCOc1cc(C2c3sc(=O)[nH]c3SC3C4CC(C5C(=O)N(CC(=O)N6CCCCC6)C(=O)C45)C23)ccc1O. The molecular weight excluding hydrogens is 538 g/mol. The third kappa shape index (κ3) is 3.79. The number of fused-ring (bicyclic) bond motifs is 9. The Morgan fingerprint density at radius 3 is 2.59 bits per heavy atom. The Morgan fingerprint density at radius 2 is 1.85 bits per heavy atom. The van der Waals surface area contributed by atoms with Crippen molar-refractivity contribution in [1.29, 1.82) is 0 Å². The molecule has 2 aliphatic carbocycles. The number of imide groups is 1. The number of ether oxygens (including phenoxy) is 1. The number of benzene rings is 1. The summed E-state index contributed by atoms with van der Waals surface area (Å²) in [7, 11) is 0. The van der Waals surface area contributed by atoms with Crippen LogP contribution >= 0.6 is 23.1 Å². The molecule has 2 aromatic rings. The molecule has 206 valence electrons. The second-order valence-electron chi connectivity index (χ2n) is 11.3. The minimum absolute atomic E-state index is 0.00377. The van der Waals surface area contributed by atoms with E-state index in [4.69, 9.17) is 4.74 Å². The van der Waals surface area contributed by atoms with Gasteiger partial charge in [0.25, 0.3) is 0 Å². The van der Waals surface area contributed by atoms with Crippen molar-refractivity contribution in [3.8, 4) is 11.5 Å². The molecule has 1 aromatic heterocycles. The monoisotopic (exact) mass is 569 g/mol. The molecule has 1 aromatic carbocycles. The van der Waals surface area contributed by atoms with Gasteiger partial charge >= 0.3 is 4.87 Å². The fraction of sp³-hybridized carbons (Fsp3) is 0.571. The van der Waals surface area contributed by atoms with E-state index in [-0.39, 0.29) is 63.8 Å². The Labute approximate surface area is 233 Å². The van der Waals surface area contributed by atoms with Gasteiger partial charge in [-0.25, -0.2) is 0 Å². The van der Waals surface area contributed by atoms with Crippen molar-refractivity contribution in [3.63, 3.8) is 0 Å². The van der Waals surface area contributed by atoms with Gasteiger partial charge in [0, 0.05) is 29.1 Å². The predicted molar refractivity (Wildman–Crippen MR) is 145 cm³/mol. The lowest BCUT2D eigenvalue weighted by Gasteiger charge is -2.43. The molecule has 39 heavy (non-hydrogen) atoms. The van der Waals surface area contributed by atoms with E-state index in [1.807, 2.05) is 19.1 Å². The molecule has 2 saturated heterocycles. The lowest BCUT2D eigenvalue weighted by atomic mass is 9.68. The number of piperidine rings is 1. The summed E-state index contributed by atoms with van der Waals surface area (Å²) in [5.41, 5.74) is 0.932. The van der Waals surface area contributed by atoms with Crippen molar-refractivity contribution in [2.75, 3.05) is 26.2 Å². The number of aromatic nitrogens is 1. The Bertz CT molecular complexity index is 1410. The first kappa shape index (κ1) is 25.2. The standard InChI is InChI=1S/C28H31N3O6S2/c1-2-37-17-10-13(6-7-16(17)32)19-20-14-11-15(23(20)38-25-24(19)39-28(36)29-25)22-21(14)26(34)31(27(22)35)12-18(33)30-8-4-3-5-9-30/h6-7,10,14-15,19-23,32H,2-5,8-9,11-12H2,1H3,(H,29,36). The third-order valence-electron chi connectivity index (χ3n) is 9.46. The molecule has 2 bridgehead atoms. The van der Waals surface area contributed by atoms with Gasteiger partial charge in [0.2, 0.25) is 17.7 Å². The number of carbonyl (C=O) groups is 3. The van der Waals surface area contributed by atoms with E-state index >= 15 is 0 Å². The van der Waals surface area contributed by atoms with Crippen LogP contribution in [0.4, 0.5) is 0 Å². The number of carbonyl (C=O) groups excluding carboxylic acids is 3. The largest absolute Gasteiger partial charge is 0.504 e. The van der Waals surface area contributed by atoms with E-state index < -0.39 is 11.8 Å². The lowest BCUT2D eigenvalue weighted by Crippen LogP contribution is -2.45. The summed E-state index contributed by atoms with van der Waals surface area (Å²) in [4.78, 5) is 59.8. The van der Waals surface area contributed by atoms with Crippen LogP contribution in [-0.2, 0) is 14.4 Å². The number of nitrogens with zero attached hydrogens (tertiary/aromatic N) is 2. The smallest absolute Gasteiger partial charge is 0.305 e. The van der Waals surface area contributed by atoms with E-state index in [1.54, 1.807) is 22.7 Å². The summed E-state index contributed by atoms with van der Waals surface area (Å²) in [5.74, 6) is -1.06. The second-order valence-corrected chi connectivity index (χ2v) is 13.5. The van der Waals surface area contributed by atoms with Crippen LogP contribution in [0.1, 0.15) is 49.0 Å². The number of phenols is 1. The fourth-order valence-electron chi connectivity index (χ4n) is 7.98. The average Bonchev–Trinajstić information content (AvgIpc) is 3.66. The zero-order valence-corrected chi connectivity index (χ0v) is 23.3. The molecule has 7 rings (SSSR count). The summed E-state index contributed by atoms with van der Waals surface area (Å²) in [6, 6.07) is 5.35. The van der Waals surface area contributed by atoms with Crippen LogP contribution in [0.25, 0.3) is 0 Å². The molecule has 3 amide bonds. The van der Waals surface area contributed by atoms with Crippen LogP contribution in [0.5, 0.6) is 11.5 Å². The van der Waals surface area contributed by atoms with Crippen molar-refractivity contribution >= 4 is 40.8 Å². The Kier molecular flexibility index (Phi) is 6.07. The van der Waals surface area contributed by atoms with E-state index in [0.29, 0.717) is 25.4 Å². The van der Waals surface area contributed by atoms with Crippen LogP contribution in [0.15, 0.2) is 28.0 Å². The number of phenolic OH excluding ortho intramolecular Hbond substituents is 1. The quantitative estimate of drug-likeness (QED) is 0.531. The van der Waals surface area contributed by atoms with Crippen LogP contribution in [0.2, 0.25) is 0 Å². The molecule has 0 spiro atoms. The summed E-state index contributed by atoms with van der Waals surface area (Å²) in [5, 5.41) is 11.2. The highest BCUT2D eigenvalue weighted by atomic mass is 32.2. The number of aromatic hydroxyl groups is 1. The first-order valence-electron chi connectivity index (χ1n) is 13.9. The molecule has 4 fully saturated rings. The first-order valence-corrected chi connectivity index (χ1v) is 15.5. The number of aromatic amines is 1. The average molecular weight is 570 g/mol. The second kappa shape index (κ2) is 9.40. The third-order valence-corrected chi connectivity index (χ3v) is 12.0. The Morgan fingerprint density at radius 1 is 1.10 bits per heavy atom. The molecule has 11 heteroatoms. The van der Waals surface area contributed by atoms with Crippen molar-refractivity contribution in [2.45, 2.75) is 48.8 Å². The molecule has 4 heterocycles. The van der Waals surface area contributed by atoms with E-state index in [0.717, 1.165) is 41.1 Å². The van der Waals surface area contributed by atoms with Crippen LogP contribution in [0, 0.1) is 29.6 Å². The number of rotatable bonds is 5. The molecule has 9 nitrogen and oxygen atoms in total. The highest BCUT2D eigenvalue weighted by molar-refractivity contribution is 8.00. The van der Waals surface area contributed by atoms with Crippen molar-refractivity contribution in [3.05, 3.63) is 38.3 Å². The van der Waals surface area contributed by atoms with E-state index in [2.05, 4.69) is 4.98 Å². The van der Waals surface area contributed by atoms with Gasteiger partial charge in [-0.2, -0.15) is 0 Å². The maximum atomic E-state index is 13.8. The number of hydrogen-bond acceptors (Lipinski definition) is 8. The summed E-state index contributed by atoms with van der Waals surface area (Å²) < 4.78 is 5.67. The normalized spacial score (nSPS) is 32.8. The van der Waals surface area contributed by atoms with E-state index in [1.165, 1.54) is 16.2 Å². The molecule has 7 atom stereocenters. The first-order chi connectivity index (χ1) is 18.9.